The zero-order valence-corrected chi connectivity index (χ0v) is 12.2. The highest BCUT2D eigenvalue weighted by Gasteiger charge is 2.09. The van der Waals surface area contributed by atoms with E-state index in [0.29, 0.717) is 18.1 Å². The first kappa shape index (κ1) is 14.7. The molecule has 0 bridgehead atoms. The molecule has 0 atom stereocenters. The molecular weight excluding hydrogens is 264 g/mol. The standard InChI is InChI=1S/C16H18N4O/c1-4-8-17-16(21)13-9-14(19-10-18-13)20-15-11(2)6-5-7-12(15)3/h4-7,9-10H,1,8H2,2-3H3,(H,17,21)(H,18,19,20). The smallest absolute Gasteiger partial charge is 0.270 e. The fraction of sp³-hybridized carbons (Fsp3) is 0.188. The van der Waals surface area contributed by atoms with Crippen LogP contribution >= 0.6 is 0 Å². The van der Waals surface area contributed by atoms with E-state index in [1.165, 1.54) is 6.33 Å². The number of para-hydroxylation sites is 1. The molecule has 0 radical (unpaired) electrons. The molecule has 1 heterocycles. The monoisotopic (exact) mass is 282 g/mol. The average molecular weight is 282 g/mol. The highest BCUT2D eigenvalue weighted by Crippen LogP contribution is 2.23. The maximum Gasteiger partial charge on any atom is 0.270 e. The van der Waals surface area contributed by atoms with Crippen molar-refractivity contribution in [3.05, 3.63) is 60.1 Å². The maximum atomic E-state index is 11.9. The van der Waals surface area contributed by atoms with Crippen molar-refractivity contribution in [1.82, 2.24) is 15.3 Å². The summed E-state index contributed by atoms with van der Waals surface area (Å²) < 4.78 is 0. The number of carbonyl (C=O) groups excluding carboxylic acids is 1. The van der Waals surface area contributed by atoms with Crippen molar-refractivity contribution in [2.75, 3.05) is 11.9 Å². The molecule has 2 rings (SSSR count). The summed E-state index contributed by atoms with van der Waals surface area (Å²) in [5.41, 5.74) is 3.55. The Kier molecular flexibility index (Phi) is 4.66. The second kappa shape index (κ2) is 6.65. The summed E-state index contributed by atoms with van der Waals surface area (Å²) >= 11 is 0. The zero-order valence-electron chi connectivity index (χ0n) is 12.2. The topological polar surface area (TPSA) is 66.9 Å². The van der Waals surface area contributed by atoms with Crippen molar-refractivity contribution in [3.63, 3.8) is 0 Å². The third kappa shape index (κ3) is 3.66. The summed E-state index contributed by atoms with van der Waals surface area (Å²) in [4.78, 5) is 20.0. The fourth-order valence-corrected chi connectivity index (χ4v) is 1.94. The first-order valence-corrected chi connectivity index (χ1v) is 6.66. The molecule has 5 nitrogen and oxygen atoms in total. The van der Waals surface area contributed by atoms with Crippen LogP contribution in [0.15, 0.2) is 43.2 Å². The Morgan fingerprint density at radius 2 is 2.00 bits per heavy atom. The van der Waals surface area contributed by atoms with E-state index in [1.807, 2.05) is 32.0 Å². The number of benzene rings is 1. The van der Waals surface area contributed by atoms with E-state index >= 15 is 0 Å². The minimum atomic E-state index is -0.248. The molecule has 2 aromatic rings. The minimum Gasteiger partial charge on any atom is -0.347 e. The number of amides is 1. The lowest BCUT2D eigenvalue weighted by Crippen LogP contribution is -2.24. The molecule has 0 aliphatic carbocycles. The number of nitrogens with zero attached hydrogens (tertiary/aromatic N) is 2. The van der Waals surface area contributed by atoms with E-state index in [9.17, 15) is 4.79 Å². The van der Waals surface area contributed by atoms with Gasteiger partial charge in [-0.1, -0.05) is 24.3 Å². The van der Waals surface area contributed by atoms with Crippen LogP contribution in [0, 0.1) is 13.8 Å². The average Bonchev–Trinajstić information content (AvgIpc) is 2.49. The van der Waals surface area contributed by atoms with Crippen LogP contribution in [0.5, 0.6) is 0 Å². The highest BCUT2D eigenvalue weighted by molar-refractivity contribution is 5.93. The normalized spacial score (nSPS) is 10.0. The predicted molar refractivity (Wildman–Crippen MR) is 83.8 cm³/mol. The molecule has 0 saturated carbocycles. The van der Waals surface area contributed by atoms with E-state index in [-0.39, 0.29) is 5.91 Å². The van der Waals surface area contributed by atoms with Gasteiger partial charge in [-0.2, -0.15) is 0 Å². The number of carbonyl (C=O) groups is 1. The van der Waals surface area contributed by atoms with E-state index in [2.05, 4.69) is 27.2 Å². The lowest BCUT2D eigenvalue weighted by atomic mass is 10.1. The van der Waals surface area contributed by atoms with Crippen LogP contribution in [-0.2, 0) is 0 Å². The van der Waals surface area contributed by atoms with Crippen molar-refractivity contribution >= 4 is 17.4 Å². The van der Waals surface area contributed by atoms with Crippen LogP contribution in [0.4, 0.5) is 11.5 Å². The van der Waals surface area contributed by atoms with Crippen molar-refractivity contribution in [3.8, 4) is 0 Å². The summed E-state index contributed by atoms with van der Waals surface area (Å²) in [6, 6.07) is 7.68. The Bertz CT molecular complexity index is 647. The molecule has 0 aliphatic heterocycles. The number of rotatable bonds is 5. The summed E-state index contributed by atoms with van der Waals surface area (Å²) in [6.07, 6.45) is 2.99. The van der Waals surface area contributed by atoms with Crippen LogP contribution in [0.2, 0.25) is 0 Å². The number of hydrogen-bond acceptors (Lipinski definition) is 4. The second-order valence-electron chi connectivity index (χ2n) is 4.68. The van der Waals surface area contributed by atoms with Crippen LogP contribution in [0.25, 0.3) is 0 Å². The Balaban J connectivity index is 2.22. The van der Waals surface area contributed by atoms with Crippen LogP contribution < -0.4 is 10.6 Å². The van der Waals surface area contributed by atoms with Crippen LogP contribution in [0.3, 0.4) is 0 Å². The number of anilines is 2. The Morgan fingerprint density at radius 1 is 1.29 bits per heavy atom. The van der Waals surface area contributed by atoms with Gasteiger partial charge in [0.1, 0.15) is 17.8 Å². The Hall–Kier alpha value is -2.69. The minimum absolute atomic E-state index is 0.248. The second-order valence-corrected chi connectivity index (χ2v) is 4.68. The van der Waals surface area contributed by atoms with Crippen molar-refractivity contribution < 1.29 is 4.79 Å². The molecule has 1 aromatic heterocycles. The molecule has 0 unspecified atom stereocenters. The number of nitrogens with one attached hydrogen (secondary N) is 2. The van der Waals surface area contributed by atoms with Gasteiger partial charge < -0.3 is 10.6 Å². The third-order valence-electron chi connectivity index (χ3n) is 3.04. The van der Waals surface area contributed by atoms with Gasteiger partial charge in [0.05, 0.1) is 0 Å². The van der Waals surface area contributed by atoms with Crippen molar-refractivity contribution in [2.24, 2.45) is 0 Å². The molecule has 5 heteroatoms. The van der Waals surface area contributed by atoms with Crippen molar-refractivity contribution in [2.45, 2.75) is 13.8 Å². The largest absolute Gasteiger partial charge is 0.347 e. The molecule has 108 valence electrons. The molecule has 2 N–H and O–H groups in total. The van der Waals surface area contributed by atoms with Gasteiger partial charge in [0.25, 0.3) is 5.91 Å². The lowest BCUT2D eigenvalue weighted by molar-refractivity contribution is 0.0953. The first-order chi connectivity index (χ1) is 10.1. The zero-order chi connectivity index (χ0) is 15.2. The number of aromatic nitrogens is 2. The molecule has 0 spiro atoms. The lowest BCUT2D eigenvalue weighted by Gasteiger charge is -2.12. The summed E-state index contributed by atoms with van der Waals surface area (Å²) in [6.45, 7) is 8.01. The van der Waals surface area contributed by atoms with Gasteiger partial charge >= 0.3 is 0 Å². The predicted octanol–water partition coefficient (Wildman–Crippen LogP) is 2.75. The molecule has 0 saturated heterocycles. The molecular formula is C16H18N4O. The Labute approximate surface area is 124 Å². The number of hydrogen-bond donors (Lipinski definition) is 2. The maximum absolute atomic E-state index is 11.9. The van der Waals surface area contributed by atoms with E-state index in [0.717, 1.165) is 16.8 Å². The molecule has 0 aliphatic rings. The van der Waals surface area contributed by atoms with Gasteiger partial charge in [-0.25, -0.2) is 9.97 Å². The van der Waals surface area contributed by atoms with Crippen LogP contribution in [0.1, 0.15) is 21.6 Å². The van der Waals surface area contributed by atoms with Gasteiger partial charge in [-0.3, -0.25) is 4.79 Å². The molecule has 21 heavy (non-hydrogen) atoms. The van der Waals surface area contributed by atoms with E-state index in [4.69, 9.17) is 0 Å². The third-order valence-corrected chi connectivity index (χ3v) is 3.04. The van der Waals surface area contributed by atoms with Gasteiger partial charge in [0.15, 0.2) is 0 Å². The van der Waals surface area contributed by atoms with Gasteiger partial charge in [-0.05, 0) is 25.0 Å². The van der Waals surface area contributed by atoms with Gasteiger partial charge in [-0.15, -0.1) is 6.58 Å². The number of aryl methyl sites for hydroxylation is 2. The van der Waals surface area contributed by atoms with E-state index in [1.54, 1.807) is 12.1 Å². The van der Waals surface area contributed by atoms with Gasteiger partial charge in [0, 0.05) is 18.3 Å². The van der Waals surface area contributed by atoms with Crippen molar-refractivity contribution in [1.29, 1.82) is 0 Å². The first-order valence-electron chi connectivity index (χ1n) is 6.66. The molecule has 1 amide bonds. The summed E-state index contributed by atoms with van der Waals surface area (Å²) in [5, 5.41) is 5.93. The van der Waals surface area contributed by atoms with Gasteiger partial charge in [0.2, 0.25) is 0 Å². The summed E-state index contributed by atoms with van der Waals surface area (Å²) in [7, 11) is 0. The molecule has 1 aromatic carbocycles. The van der Waals surface area contributed by atoms with Crippen LogP contribution in [-0.4, -0.2) is 22.4 Å². The quantitative estimate of drug-likeness (QED) is 0.827. The molecule has 0 fully saturated rings. The Morgan fingerprint density at radius 3 is 2.67 bits per heavy atom. The highest BCUT2D eigenvalue weighted by atomic mass is 16.1. The SMILES string of the molecule is C=CCNC(=O)c1cc(Nc2c(C)cccc2C)ncn1. The summed E-state index contributed by atoms with van der Waals surface area (Å²) in [5.74, 6) is 0.341. The fourth-order valence-electron chi connectivity index (χ4n) is 1.94. The van der Waals surface area contributed by atoms with E-state index < -0.39 is 0 Å².